The van der Waals surface area contributed by atoms with Gasteiger partial charge in [-0.05, 0) is 26.0 Å². The van der Waals surface area contributed by atoms with Crippen LogP contribution in [0.4, 0.5) is 6.01 Å². The average Bonchev–Trinajstić information content (AvgIpc) is 3.38. The summed E-state index contributed by atoms with van der Waals surface area (Å²) in [5, 5.41) is 12.4. The highest BCUT2D eigenvalue weighted by molar-refractivity contribution is 7.15. The molecular weight excluding hydrogens is 410 g/mol. The van der Waals surface area contributed by atoms with Crippen molar-refractivity contribution < 1.29 is 9.21 Å². The first-order chi connectivity index (χ1) is 15.1. The number of hydrogen-bond donors (Lipinski definition) is 1. The number of para-hydroxylation sites is 1. The molecular formula is C23H17N5O2S. The van der Waals surface area contributed by atoms with Crippen molar-refractivity contribution in [1.82, 2.24) is 20.2 Å². The van der Waals surface area contributed by atoms with Crippen molar-refractivity contribution in [2.45, 2.75) is 13.8 Å². The van der Waals surface area contributed by atoms with Crippen LogP contribution in [0, 0.1) is 13.8 Å². The number of fused-ring (bicyclic) bond motifs is 1. The number of carbonyl (C=O) groups is 1. The Balaban J connectivity index is 1.51. The van der Waals surface area contributed by atoms with Gasteiger partial charge >= 0.3 is 6.01 Å². The molecule has 0 saturated heterocycles. The Hall–Kier alpha value is -3.91. The normalized spacial score (nSPS) is 11.0. The maximum Gasteiger partial charge on any atom is 0.322 e. The third kappa shape index (κ3) is 3.69. The van der Waals surface area contributed by atoms with E-state index in [9.17, 15) is 4.79 Å². The summed E-state index contributed by atoms with van der Waals surface area (Å²) in [5.74, 6) is -0.00820. The van der Waals surface area contributed by atoms with Crippen LogP contribution in [0.1, 0.15) is 21.1 Å². The molecule has 152 valence electrons. The van der Waals surface area contributed by atoms with Gasteiger partial charge in [-0.1, -0.05) is 53.6 Å². The maximum absolute atomic E-state index is 13.2. The van der Waals surface area contributed by atoms with Crippen LogP contribution < -0.4 is 5.32 Å². The van der Waals surface area contributed by atoms with E-state index in [0.717, 1.165) is 32.0 Å². The zero-order valence-corrected chi connectivity index (χ0v) is 17.6. The second-order valence-corrected chi connectivity index (χ2v) is 8.16. The van der Waals surface area contributed by atoms with Gasteiger partial charge in [0.25, 0.3) is 11.8 Å². The number of aromatic nitrogens is 4. The van der Waals surface area contributed by atoms with Gasteiger partial charge in [-0.25, -0.2) is 9.97 Å². The van der Waals surface area contributed by atoms with Crippen molar-refractivity contribution in [1.29, 1.82) is 0 Å². The molecule has 8 heteroatoms. The Morgan fingerprint density at radius 2 is 1.74 bits per heavy atom. The van der Waals surface area contributed by atoms with Crippen LogP contribution in [0.3, 0.4) is 0 Å². The van der Waals surface area contributed by atoms with E-state index in [-0.39, 0.29) is 11.9 Å². The van der Waals surface area contributed by atoms with Crippen LogP contribution in [0.2, 0.25) is 0 Å². The monoisotopic (exact) mass is 427 g/mol. The van der Waals surface area contributed by atoms with Crippen LogP contribution in [0.5, 0.6) is 0 Å². The topological polar surface area (TPSA) is 93.8 Å². The molecule has 1 N–H and O–H groups in total. The molecule has 5 aromatic rings. The highest BCUT2D eigenvalue weighted by Crippen LogP contribution is 2.30. The first kappa shape index (κ1) is 19.1. The zero-order valence-electron chi connectivity index (χ0n) is 16.8. The molecule has 0 atom stereocenters. The van der Waals surface area contributed by atoms with Gasteiger partial charge in [-0.15, -0.1) is 16.4 Å². The summed E-state index contributed by atoms with van der Waals surface area (Å²) < 4.78 is 5.68. The van der Waals surface area contributed by atoms with Gasteiger partial charge in [0.15, 0.2) is 0 Å². The predicted molar refractivity (Wildman–Crippen MR) is 120 cm³/mol. The lowest BCUT2D eigenvalue weighted by atomic mass is 10.0. The molecule has 0 saturated carbocycles. The second kappa shape index (κ2) is 7.73. The number of nitrogens with one attached hydrogen (secondary N) is 1. The van der Waals surface area contributed by atoms with Crippen molar-refractivity contribution in [3.05, 3.63) is 76.9 Å². The van der Waals surface area contributed by atoms with Crippen molar-refractivity contribution >= 4 is 34.2 Å². The number of rotatable bonds is 4. The van der Waals surface area contributed by atoms with E-state index in [0.29, 0.717) is 17.1 Å². The number of thiazole rings is 1. The minimum atomic E-state index is -0.344. The molecule has 1 amide bonds. The summed E-state index contributed by atoms with van der Waals surface area (Å²) in [4.78, 5) is 23.0. The van der Waals surface area contributed by atoms with Crippen LogP contribution >= 0.6 is 11.3 Å². The summed E-state index contributed by atoms with van der Waals surface area (Å²) in [7, 11) is 0. The summed E-state index contributed by atoms with van der Waals surface area (Å²) in [6.45, 7) is 3.80. The Bertz CT molecular complexity index is 1410. The Morgan fingerprint density at radius 1 is 0.968 bits per heavy atom. The van der Waals surface area contributed by atoms with E-state index in [4.69, 9.17) is 9.40 Å². The number of amides is 1. The van der Waals surface area contributed by atoms with Crippen molar-refractivity contribution in [2.24, 2.45) is 0 Å². The largest absolute Gasteiger partial charge is 0.402 e. The van der Waals surface area contributed by atoms with E-state index < -0.39 is 0 Å². The molecule has 5 rings (SSSR count). The molecule has 0 aliphatic heterocycles. The molecule has 0 aliphatic rings. The van der Waals surface area contributed by atoms with Gasteiger partial charge in [0, 0.05) is 10.9 Å². The molecule has 0 radical (unpaired) electrons. The molecule has 31 heavy (non-hydrogen) atoms. The Kier molecular flexibility index (Phi) is 4.76. The molecule has 0 spiro atoms. The number of hydrogen-bond acceptors (Lipinski definition) is 7. The van der Waals surface area contributed by atoms with Crippen LogP contribution in [0.25, 0.3) is 32.9 Å². The summed E-state index contributed by atoms with van der Waals surface area (Å²) in [5.41, 5.74) is 3.67. The minimum absolute atomic E-state index is 0.0348. The Morgan fingerprint density at radius 3 is 2.52 bits per heavy atom. The molecule has 2 aromatic carbocycles. The van der Waals surface area contributed by atoms with Crippen LogP contribution in [0.15, 0.2) is 65.1 Å². The van der Waals surface area contributed by atoms with Gasteiger partial charge in [-0.2, -0.15) is 0 Å². The second-order valence-electron chi connectivity index (χ2n) is 6.95. The number of carbonyl (C=O) groups excluding carboxylic acids is 1. The van der Waals surface area contributed by atoms with Gasteiger partial charge < -0.3 is 4.42 Å². The number of nitrogens with zero attached hydrogens (tertiary/aromatic N) is 4. The standard InChI is InChI=1S/C23H17N5O2S/c1-13-20(31-14(2)24-13)22-27-28-23(30-22)26-21(29)17-12-19(15-8-4-3-5-9-15)25-18-11-7-6-10-16(17)18/h3-12H,1-2H3,(H,26,28,29). The van der Waals surface area contributed by atoms with Gasteiger partial charge in [-0.3, -0.25) is 10.1 Å². The van der Waals surface area contributed by atoms with Crippen molar-refractivity contribution in [3.8, 4) is 22.0 Å². The third-order valence-electron chi connectivity index (χ3n) is 4.77. The van der Waals surface area contributed by atoms with Crippen LogP contribution in [-0.2, 0) is 0 Å². The van der Waals surface area contributed by atoms with Crippen molar-refractivity contribution in [2.75, 3.05) is 5.32 Å². The highest BCUT2D eigenvalue weighted by atomic mass is 32.1. The number of anilines is 1. The fourth-order valence-corrected chi connectivity index (χ4v) is 4.22. The molecule has 0 fully saturated rings. The van der Waals surface area contributed by atoms with Gasteiger partial charge in [0.2, 0.25) is 0 Å². The van der Waals surface area contributed by atoms with Gasteiger partial charge in [0.1, 0.15) is 4.88 Å². The van der Waals surface area contributed by atoms with E-state index >= 15 is 0 Å². The van der Waals surface area contributed by atoms with E-state index in [1.54, 1.807) is 6.07 Å². The maximum atomic E-state index is 13.2. The zero-order chi connectivity index (χ0) is 21.4. The third-order valence-corrected chi connectivity index (χ3v) is 5.83. The van der Waals surface area contributed by atoms with Crippen molar-refractivity contribution in [3.63, 3.8) is 0 Å². The van der Waals surface area contributed by atoms with E-state index in [1.165, 1.54) is 11.3 Å². The molecule has 0 bridgehead atoms. The highest BCUT2D eigenvalue weighted by Gasteiger charge is 2.19. The van der Waals surface area contributed by atoms with Crippen LogP contribution in [-0.4, -0.2) is 26.1 Å². The average molecular weight is 427 g/mol. The number of benzene rings is 2. The first-order valence-electron chi connectivity index (χ1n) is 9.63. The molecule has 7 nitrogen and oxygen atoms in total. The molecule has 0 unspecified atom stereocenters. The lowest BCUT2D eigenvalue weighted by Gasteiger charge is -2.09. The van der Waals surface area contributed by atoms with Gasteiger partial charge in [0.05, 0.1) is 27.5 Å². The molecule has 3 aromatic heterocycles. The SMILES string of the molecule is Cc1nc(C)c(-c2nnc(NC(=O)c3cc(-c4ccccc4)nc4ccccc34)o2)s1. The molecule has 0 aliphatic carbocycles. The number of aryl methyl sites for hydroxylation is 2. The molecule has 3 heterocycles. The summed E-state index contributed by atoms with van der Waals surface area (Å²) >= 11 is 1.47. The fourth-order valence-electron chi connectivity index (χ4n) is 3.38. The van der Waals surface area contributed by atoms with E-state index in [2.05, 4.69) is 20.5 Å². The number of pyridine rings is 1. The first-order valence-corrected chi connectivity index (χ1v) is 10.4. The Labute approximate surface area is 181 Å². The summed E-state index contributed by atoms with van der Waals surface area (Å²) in [6.07, 6.45) is 0. The minimum Gasteiger partial charge on any atom is -0.402 e. The predicted octanol–water partition coefficient (Wildman–Crippen LogP) is 5.28. The lowest BCUT2D eigenvalue weighted by Crippen LogP contribution is -2.13. The summed E-state index contributed by atoms with van der Waals surface area (Å²) in [6, 6.07) is 19.1. The smallest absolute Gasteiger partial charge is 0.322 e. The fraction of sp³-hybridized carbons (Fsp3) is 0.0870. The van der Waals surface area contributed by atoms with E-state index in [1.807, 2.05) is 68.4 Å². The lowest BCUT2D eigenvalue weighted by molar-refractivity contribution is 0.102. The quantitative estimate of drug-likeness (QED) is 0.419.